The molecule has 0 aromatic rings. The van der Waals surface area contributed by atoms with Crippen molar-refractivity contribution >= 4 is 0 Å². The minimum atomic E-state index is -0.653. The van der Waals surface area contributed by atoms with Gasteiger partial charge in [0.05, 0.1) is 30.5 Å². The van der Waals surface area contributed by atoms with E-state index >= 15 is 0 Å². The zero-order valence-electron chi connectivity index (χ0n) is 16.0. The average molecular weight is 357 g/mol. The highest BCUT2D eigenvalue weighted by molar-refractivity contribution is 5.17. The van der Waals surface area contributed by atoms with Gasteiger partial charge < -0.3 is 25.2 Å². The number of hydrogen-bond donors (Lipinski definition) is 4. The number of fused-ring (bicyclic) bond motifs is 2. The lowest BCUT2D eigenvalue weighted by Gasteiger charge is -2.65. The summed E-state index contributed by atoms with van der Waals surface area (Å²) in [6.07, 6.45) is 5.15. The first-order chi connectivity index (χ1) is 11.7. The van der Waals surface area contributed by atoms with Crippen molar-refractivity contribution in [3.05, 3.63) is 0 Å². The summed E-state index contributed by atoms with van der Waals surface area (Å²) in [4.78, 5) is 0. The number of rotatable bonds is 4. The average Bonchev–Trinajstić information content (AvgIpc) is 2.99. The largest absolute Gasteiger partial charge is 0.396 e. The van der Waals surface area contributed by atoms with Gasteiger partial charge in [0.15, 0.2) is 0 Å². The standard InChI is InChI=1S/C20H36O5/c1-14-4-5-15-17(2,12-22)16(24)6-7-18(15,3)20(14)9-8-19(13-23,25-20)10-11-21/h14-16,21-24H,4-13H2,1-3H3/t14?,15?,16-,17-,18-,19?,20+/m0/s1. The molecule has 3 aliphatic rings. The van der Waals surface area contributed by atoms with Crippen LogP contribution in [0.3, 0.4) is 0 Å². The minimum absolute atomic E-state index is 0.0121. The molecule has 1 saturated heterocycles. The minimum Gasteiger partial charge on any atom is -0.396 e. The second kappa shape index (κ2) is 6.45. The second-order valence-electron chi connectivity index (χ2n) is 9.47. The van der Waals surface area contributed by atoms with E-state index in [4.69, 9.17) is 4.74 Å². The van der Waals surface area contributed by atoms with Crippen molar-refractivity contribution in [2.24, 2.45) is 22.7 Å². The van der Waals surface area contributed by atoms with Gasteiger partial charge in [-0.3, -0.25) is 0 Å². The van der Waals surface area contributed by atoms with Crippen molar-refractivity contribution < 1.29 is 25.2 Å². The molecule has 4 N–H and O–H groups in total. The fourth-order valence-electron chi connectivity index (χ4n) is 6.70. The maximum Gasteiger partial charge on any atom is 0.0942 e. The van der Waals surface area contributed by atoms with Gasteiger partial charge in [-0.25, -0.2) is 0 Å². The third-order valence-electron chi connectivity index (χ3n) is 8.46. The van der Waals surface area contributed by atoms with Gasteiger partial charge >= 0.3 is 0 Å². The predicted molar refractivity (Wildman–Crippen MR) is 95.0 cm³/mol. The molecule has 0 amide bonds. The van der Waals surface area contributed by atoms with Gasteiger partial charge in [0, 0.05) is 23.9 Å². The van der Waals surface area contributed by atoms with E-state index in [1.54, 1.807) is 0 Å². The van der Waals surface area contributed by atoms with E-state index in [0.29, 0.717) is 18.8 Å². The molecule has 2 aliphatic carbocycles. The van der Waals surface area contributed by atoms with Gasteiger partial charge in [-0.1, -0.05) is 20.8 Å². The van der Waals surface area contributed by atoms with Crippen LogP contribution in [0, 0.1) is 22.7 Å². The first-order valence-corrected chi connectivity index (χ1v) is 9.94. The van der Waals surface area contributed by atoms with Crippen molar-refractivity contribution in [1.29, 1.82) is 0 Å². The van der Waals surface area contributed by atoms with Crippen LogP contribution in [0.4, 0.5) is 0 Å². The van der Waals surface area contributed by atoms with Crippen LogP contribution >= 0.6 is 0 Å². The summed E-state index contributed by atoms with van der Waals surface area (Å²) in [7, 11) is 0. The molecule has 25 heavy (non-hydrogen) atoms. The molecule has 0 bridgehead atoms. The molecule has 7 atom stereocenters. The van der Waals surface area contributed by atoms with E-state index < -0.39 is 17.1 Å². The summed E-state index contributed by atoms with van der Waals surface area (Å²) in [6.45, 7) is 6.47. The first kappa shape index (κ1) is 19.6. The van der Waals surface area contributed by atoms with Gasteiger partial charge in [-0.15, -0.1) is 0 Å². The molecule has 0 aromatic heterocycles. The Balaban J connectivity index is 2.02. The van der Waals surface area contributed by atoms with Crippen LogP contribution in [0.15, 0.2) is 0 Å². The quantitative estimate of drug-likeness (QED) is 0.617. The number of hydrogen-bond acceptors (Lipinski definition) is 5. The maximum absolute atomic E-state index is 10.6. The maximum atomic E-state index is 10.6. The fraction of sp³-hybridized carbons (Fsp3) is 1.00. The van der Waals surface area contributed by atoms with E-state index in [2.05, 4.69) is 13.8 Å². The third-order valence-corrected chi connectivity index (χ3v) is 8.46. The number of aliphatic hydroxyl groups is 4. The lowest BCUT2D eigenvalue weighted by molar-refractivity contribution is -0.272. The first-order valence-electron chi connectivity index (χ1n) is 9.94. The molecule has 3 unspecified atom stereocenters. The molecule has 1 heterocycles. The molecule has 3 rings (SSSR count). The molecule has 1 aliphatic heterocycles. The van der Waals surface area contributed by atoms with Gasteiger partial charge in [0.25, 0.3) is 0 Å². The molecule has 5 heteroatoms. The van der Waals surface area contributed by atoms with Crippen LogP contribution in [-0.2, 0) is 4.74 Å². The summed E-state index contributed by atoms with van der Waals surface area (Å²) in [5, 5.41) is 40.2. The molecular weight excluding hydrogens is 320 g/mol. The zero-order valence-corrected chi connectivity index (χ0v) is 16.0. The zero-order chi connectivity index (χ0) is 18.5. The van der Waals surface area contributed by atoms with Crippen molar-refractivity contribution in [2.45, 2.75) is 83.0 Å². The second-order valence-corrected chi connectivity index (χ2v) is 9.47. The van der Waals surface area contributed by atoms with Crippen LogP contribution < -0.4 is 0 Å². The van der Waals surface area contributed by atoms with Crippen LogP contribution in [0.1, 0.15) is 65.7 Å². The molecule has 146 valence electrons. The van der Waals surface area contributed by atoms with Crippen LogP contribution in [0.25, 0.3) is 0 Å². The summed E-state index contributed by atoms with van der Waals surface area (Å²) in [6, 6.07) is 0. The van der Waals surface area contributed by atoms with E-state index in [1.807, 2.05) is 6.92 Å². The molecular formula is C20H36O5. The predicted octanol–water partition coefficient (Wildman–Crippen LogP) is 1.85. The summed E-state index contributed by atoms with van der Waals surface area (Å²) in [5.41, 5.74) is -1.66. The Hall–Kier alpha value is -0.200. The molecule has 1 spiro atoms. The van der Waals surface area contributed by atoms with E-state index in [1.165, 1.54) is 0 Å². The third kappa shape index (κ3) is 2.53. The van der Waals surface area contributed by atoms with Crippen molar-refractivity contribution in [3.8, 4) is 0 Å². The van der Waals surface area contributed by atoms with Gasteiger partial charge in [-0.05, 0) is 50.4 Å². The van der Waals surface area contributed by atoms with Gasteiger partial charge in [0.2, 0.25) is 0 Å². The van der Waals surface area contributed by atoms with Crippen molar-refractivity contribution in [3.63, 3.8) is 0 Å². The number of aliphatic hydroxyl groups excluding tert-OH is 4. The Labute approximate surface area is 151 Å². The summed E-state index contributed by atoms with van der Waals surface area (Å²) < 4.78 is 6.75. The molecule has 3 fully saturated rings. The summed E-state index contributed by atoms with van der Waals surface area (Å²) >= 11 is 0. The lowest BCUT2D eigenvalue weighted by Crippen LogP contribution is -2.66. The topological polar surface area (TPSA) is 90.2 Å². The van der Waals surface area contributed by atoms with Gasteiger partial charge in [-0.2, -0.15) is 0 Å². The lowest BCUT2D eigenvalue weighted by atomic mass is 9.43. The Morgan fingerprint density at radius 2 is 1.68 bits per heavy atom. The Morgan fingerprint density at radius 3 is 2.28 bits per heavy atom. The molecule has 0 aromatic carbocycles. The van der Waals surface area contributed by atoms with Gasteiger partial charge in [0.1, 0.15) is 0 Å². The molecule has 5 nitrogen and oxygen atoms in total. The van der Waals surface area contributed by atoms with E-state index in [9.17, 15) is 20.4 Å². The van der Waals surface area contributed by atoms with E-state index in [-0.39, 0.29) is 36.8 Å². The van der Waals surface area contributed by atoms with Crippen molar-refractivity contribution in [2.75, 3.05) is 19.8 Å². The summed E-state index contributed by atoms with van der Waals surface area (Å²) in [5.74, 6) is 0.549. The fourth-order valence-corrected chi connectivity index (χ4v) is 6.70. The van der Waals surface area contributed by atoms with Crippen LogP contribution in [0.5, 0.6) is 0 Å². The van der Waals surface area contributed by atoms with Crippen LogP contribution in [0.2, 0.25) is 0 Å². The highest BCUT2D eigenvalue weighted by Gasteiger charge is 2.68. The number of ether oxygens (including phenoxy) is 1. The smallest absolute Gasteiger partial charge is 0.0942 e. The van der Waals surface area contributed by atoms with Crippen LogP contribution in [-0.4, -0.2) is 57.6 Å². The Bertz CT molecular complexity index is 498. The highest BCUT2D eigenvalue weighted by atomic mass is 16.5. The van der Waals surface area contributed by atoms with E-state index in [0.717, 1.165) is 32.1 Å². The monoisotopic (exact) mass is 356 g/mol. The Morgan fingerprint density at radius 1 is 0.960 bits per heavy atom. The Kier molecular flexibility index (Phi) is 5.05. The highest BCUT2D eigenvalue weighted by Crippen LogP contribution is 2.67. The molecule has 2 saturated carbocycles. The SMILES string of the molecule is CC1CCC2[C@](C)(CO)[C@@H](O)CC[C@]2(C)[C@@]12CCC(CO)(CCO)O2. The molecule has 0 radical (unpaired) electrons. The van der Waals surface area contributed by atoms with Crippen molar-refractivity contribution in [1.82, 2.24) is 0 Å². The normalized spacial score (nSPS) is 53.2.